The van der Waals surface area contributed by atoms with Gasteiger partial charge in [0.25, 0.3) is 0 Å². The Labute approximate surface area is 118 Å². The topological polar surface area (TPSA) is 48.4 Å². The van der Waals surface area contributed by atoms with Gasteiger partial charge in [-0.05, 0) is 19.8 Å². The average Bonchev–Trinajstić information content (AvgIpc) is 2.42. The van der Waals surface area contributed by atoms with E-state index >= 15 is 0 Å². The van der Waals surface area contributed by atoms with Crippen molar-refractivity contribution in [3.05, 3.63) is 17.7 Å². The third kappa shape index (κ3) is 3.79. The quantitative estimate of drug-likeness (QED) is 0.772. The molecule has 0 saturated carbocycles. The van der Waals surface area contributed by atoms with Crippen molar-refractivity contribution in [3.8, 4) is 0 Å². The molecule has 1 aromatic rings. The van der Waals surface area contributed by atoms with Crippen LogP contribution in [0, 0.1) is 11.6 Å². The molecule has 1 rings (SSSR count). The highest BCUT2D eigenvalue weighted by Crippen LogP contribution is 2.25. The molecule has 0 aliphatic rings. The molecule has 20 heavy (non-hydrogen) atoms. The number of rotatable bonds is 8. The normalized spacial score (nSPS) is 10.9. The number of hydrogen-bond donors (Lipinski definition) is 2. The van der Waals surface area contributed by atoms with E-state index in [2.05, 4.69) is 10.3 Å². The molecule has 0 fully saturated rings. The maximum absolute atomic E-state index is 14.0. The minimum Gasteiger partial charge on any atom is -0.395 e. The summed E-state index contributed by atoms with van der Waals surface area (Å²) >= 11 is 0. The number of anilines is 2. The first-order chi connectivity index (χ1) is 9.58. The van der Waals surface area contributed by atoms with Crippen molar-refractivity contribution >= 4 is 11.6 Å². The van der Waals surface area contributed by atoms with Crippen LogP contribution in [0.5, 0.6) is 0 Å². The summed E-state index contributed by atoms with van der Waals surface area (Å²) in [6.07, 6.45) is 1.59. The fourth-order valence-electron chi connectivity index (χ4n) is 2.25. The van der Waals surface area contributed by atoms with E-state index in [1.165, 1.54) is 0 Å². The zero-order valence-electron chi connectivity index (χ0n) is 12.3. The second-order valence-corrected chi connectivity index (χ2v) is 4.54. The highest BCUT2D eigenvalue weighted by molar-refractivity contribution is 5.50. The molecule has 0 aliphatic heterocycles. The van der Waals surface area contributed by atoms with Crippen LogP contribution in [-0.2, 0) is 0 Å². The van der Waals surface area contributed by atoms with E-state index in [4.69, 9.17) is 0 Å². The van der Waals surface area contributed by atoms with Crippen molar-refractivity contribution in [2.75, 3.05) is 29.9 Å². The van der Waals surface area contributed by atoms with Gasteiger partial charge >= 0.3 is 0 Å². The Hall–Kier alpha value is -1.43. The van der Waals surface area contributed by atoms with Crippen molar-refractivity contribution in [2.45, 2.75) is 39.7 Å². The number of aliphatic hydroxyl groups is 1. The molecule has 0 radical (unpaired) electrons. The molecule has 2 N–H and O–H groups in total. The Bertz CT molecular complexity index is 425. The Morgan fingerprint density at radius 1 is 1.25 bits per heavy atom. The first-order valence-corrected chi connectivity index (χ1v) is 7.06. The number of aliphatic hydroxyl groups excluding tert-OH is 1. The zero-order valence-corrected chi connectivity index (χ0v) is 12.3. The summed E-state index contributed by atoms with van der Waals surface area (Å²) in [4.78, 5) is 5.76. The van der Waals surface area contributed by atoms with Crippen LogP contribution >= 0.6 is 0 Å². The van der Waals surface area contributed by atoms with Crippen molar-refractivity contribution in [1.29, 1.82) is 0 Å². The van der Waals surface area contributed by atoms with Crippen LogP contribution in [0.1, 0.15) is 33.6 Å². The van der Waals surface area contributed by atoms with E-state index in [0.717, 1.165) is 18.9 Å². The largest absolute Gasteiger partial charge is 0.395 e. The van der Waals surface area contributed by atoms with Gasteiger partial charge < -0.3 is 15.3 Å². The van der Waals surface area contributed by atoms with Crippen LogP contribution in [0.15, 0.2) is 6.07 Å². The molecule has 4 nitrogen and oxygen atoms in total. The van der Waals surface area contributed by atoms with Crippen LogP contribution in [-0.4, -0.2) is 35.8 Å². The van der Waals surface area contributed by atoms with Crippen molar-refractivity contribution in [3.63, 3.8) is 0 Å². The second kappa shape index (κ2) is 7.99. The van der Waals surface area contributed by atoms with E-state index in [9.17, 15) is 13.9 Å². The monoisotopic (exact) mass is 287 g/mol. The molecule has 0 saturated heterocycles. The molecule has 1 heterocycles. The highest BCUT2D eigenvalue weighted by atomic mass is 19.1. The number of nitrogens with one attached hydrogen (secondary N) is 1. The lowest BCUT2D eigenvalue weighted by atomic mass is 10.1. The molecule has 1 aromatic heterocycles. The van der Waals surface area contributed by atoms with Crippen molar-refractivity contribution < 1.29 is 13.9 Å². The number of hydrogen-bond acceptors (Lipinski definition) is 4. The van der Waals surface area contributed by atoms with Gasteiger partial charge in [0.1, 0.15) is 0 Å². The van der Waals surface area contributed by atoms with Crippen LogP contribution < -0.4 is 10.2 Å². The summed E-state index contributed by atoms with van der Waals surface area (Å²) in [5.74, 6) is -1.28. The SMILES string of the molecule is CCNc1nc(N(CCO)C(CC)CC)c(F)cc1F. The first-order valence-electron chi connectivity index (χ1n) is 7.06. The van der Waals surface area contributed by atoms with Crippen molar-refractivity contribution in [2.24, 2.45) is 0 Å². The maximum atomic E-state index is 14.0. The van der Waals surface area contributed by atoms with Crippen LogP contribution in [0.25, 0.3) is 0 Å². The smallest absolute Gasteiger partial charge is 0.168 e. The van der Waals surface area contributed by atoms with Gasteiger partial charge in [0.2, 0.25) is 0 Å². The Balaban J connectivity index is 3.20. The minimum atomic E-state index is -0.707. The maximum Gasteiger partial charge on any atom is 0.168 e. The highest BCUT2D eigenvalue weighted by Gasteiger charge is 2.22. The standard InChI is InChI=1S/C14H23F2N3O/c1-4-10(5-2)19(7-8-20)14-12(16)9-11(15)13(18-14)17-6-3/h9-10,20H,4-8H2,1-3H3,(H,17,18). The minimum absolute atomic E-state index is 0.0396. The molecule has 0 unspecified atom stereocenters. The molecule has 0 aliphatic carbocycles. The second-order valence-electron chi connectivity index (χ2n) is 4.54. The number of halogens is 2. The Morgan fingerprint density at radius 2 is 1.90 bits per heavy atom. The molecule has 0 bridgehead atoms. The van der Waals surface area contributed by atoms with Gasteiger partial charge in [-0.2, -0.15) is 0 Å². The fourth-order valence-corrected chi connectivity index (χ4v) is 2.25. The molecule has 0 atom stereocenters. The van der Waals surface area contributed by atoms with Gasteiger partial charge in [0.05, 0.1) is 6.61 Å². The summed E-state index contributed by atoms with van der Waals surface area (Å²) in [7, 11) is 0. The van der Waals surface area contributed by atoms with E-state index in [-0.39, 0.29) is 30.8 Å². The lowest BCUT2D eigenvalue weighted by Gasteiger charge is -2.31. The van der Waals surface area contributed by atoms with Gasteiger partial charge in [-0.25, -0.2) is 13.8 Å². The predicted octanol–water partition coefficient (Wildman–Crippen LogP) is 2.78. The first kappa shape index (κ1) is 16.6. The molecule has 114 valence electrons. The molecule has 0 amide bonds. The summed E-state index contributed by atoms with van der Waals surface area (Å²) in [5.41, 5.74) is 0. The number of aromatic nitrogens is 1. The average molecular weight is 287 g/mol. The summed E-state index contributed by atoms with van der Waals surface area (Å²) < 4.78 is 27.6. The van der Waals surface area contributed by atoms with Gasteiger partial charge in [0.15, 0.2) is 23.3 Å². The zero-order chi connectivity index (χ0) is 15.1. The summed E-state index contributed by atoms with van der Waals surface area (Å²) in [6, 6.07) is 0.900. The van der Waals surface area contributed by atoms with Crippen LogP contribution in [0.2, 0.25) is 0 Å². The van der Waals surface area contributed by atoms with E-state index in [0.29, 0.717) is 6.54 Å². The van der Waals surface area contributed by atoms with E-state index in [1.807, 2.05) is 20.8 Å². The van der Waals surface area contributed by atoms with Gasteiger partial charge in [0, 0.05) is 25.2 Å². The van der Waals surface area contributed by atoms with Crippen LogP contribution in [0.3, 0.4) is 0 Å². The van der Waals surface area contributed by atoms with Gasteiger partial charge in [-0.3, -0.25) is 0 Å². The van der Waals surface area contributed by atoms with Gasteiger partial charge in [-0.15, -0.1) is 0 Å². The third-order valence-electron chi connectivity index (χ3n) is 3.25. The third-order valence-corrected chi connectivity index (χ3v) is 3.25. The molecule has 0 spiro atoms. The Kier molecular flexibility index (Phi) is 6.64. The lowest BCUT2D eigenvalue weighted by molar-refractivity contribution is 0.294. The molecule has 0 aromatic carbocycles. The summed E-state index contributed by atoms with van der Waals surface area (Å²) in [5, 5.41) is 11.9. The predicted molar refractivity (Wildman–Crippen MR) is 77.1 cm³/mol. The van der Waals surface area contributed by atoms with Crippen molar-refractivity contribution in [1.82, 2.24) is 4.98 Å². The van der Waals surface area contributed by atoms with Crippen LogP contribution in [0.4, 0.5) is 20.4 Å². The molecular formula is C14H23F2N3O. The van der Waals surface area contributed by atoms with E-state index < -0.39 is 11.6 Å². The molecule has 6 heteroatoms. The van der Waals surface area contributed by atoms with Gasteiger partial charge in [-0.1, -0.05) is 13.8 Å². The molecular weight excluding hydrogens is 264 g/mol. The lowest BCUT2D eigenvalue weighted by Crippen LogP contribution is -2.38. The fraction of sp³-hybridized carbons (Fsp3) is 0.643. The van der Waals surface area contributed by atoms with E-state index in [1.54, 1.807) is 4.90 Å². The number of pyridine rings is 1. The summed E-state index contributed by atoms with van der Waals surface area (Å²) in [6.45, 7) is 6.46. The number of nitrogens with zero attached hydrogens (tertiary/aromatic N) is 2. The Morgan fingerprint density at radius 3 is 2.40 bits per heavy atom.